The standard InChI is InChI=1S/C11H21N3S/c1-8-6-10(14(5)13-8)15-9(7-12)11(2,3)4/h6,9H,7,12H2,1-5H3. The molecule has 1 aromatic rings. The van der Waals surface area contributed by atoms with Gasteiger partial charge in [-0.2, -0.15) is 5.10 Å². The molecule has 0 saturated heterocycles. The highest BCUT2D eigenvalue weighted by Gasteiger charge is 2.25. The van der Waals surface area contributed by atoms with Crippen molar-refractivity contribution in [2.45, 2.75) is 38.0 Å². The predicted molar refractivity (Wildman–Crippen MR) is 66.1 cm³/mol. The molecular formula is C11H21N3S. The minimum absolute atomic E-state index is 0.220. The van der Waals surface area contributed by atoms with Crippen molar-refractivity contribution in [3.63, 3.8) is 0 Å². The zero-order valence-electron chi connectivity index (χ0n) is 10.2. The molecule has 0 aliphatic heterocycles. The fourth-order valence-electron chi connectivity index (χ4n) is 1.42. The van der Waals surface area contributed by atoms with Crippen LogP contribution < -0.4 is 5.73 Å². The molecule has 0 aliphatic rings. The molecule has 0 fully saturated rings. The van der Waals surface area contributed by atoms with E-state index in [0.717, 1.165) is 5.69 Å². The molecule has 15 heavy (non-hydrogen) atoms. The number of hydrogen-bond donors (Lipinski definition) is 1. The zero-order valence-corrected chi connectivity index (χ0v) is 11.1. The Morgan fingerprint density at radius 3 is 2.47 bits per heavy atom. The van der Waals surface area contributed by atoms with E-state index in [0.29, 0.717) is 11.8 Å². The van der Waals surface area contributed by atoms with Crippen molar-refractivity contribution in [3.05, 3.63) is 11.8 Å². The zero-order chi connectivity index (χ0) is 11.6. The van der Waals surface area contributed by atoms with Crippen LogP contribution in [-0.2, 0) is 7.05 Å². The Hall–Kier alpha value is -0.480. The van der Waals surface area contributed by atoms with Crippen LogP contribution in [0.2, 0.25) is 0 Å². The smallest absolute Gasteiger partial charge is 0.0942 e. The van der Waals surface area contributed by atoms with E-state index in [1.807, 2.05) is 30.4 Å². The van der Waals surface area contributed by atoms with E-state index in [2.05, 4.69) is 31.9 Å². The third-order valence-corrected chi connectivity index (χ3v) is 4.21. The summed E-state index contributed by atoms with van der Waals surface area (Å²) in [7, 11) is 1.98. The number of nitrogens with two attached hydrogens (primary N) is 1. The van der Waals surface area contributed by atoms with Gasteiger partial charge in [0.25, 0.3) is 0 Å². The molecule has 4 heteroatoms. The number of thioether (sulfide) groups is 1. The van der Waals surface area contributed by atoms with Crippen LogP contribution in [0.25, 0.3) is 0 Å². The lowest BCUT2D eigenvalue weighted by molar-refractivity contribution is 0.397. The van der Waals surface area contributed by atoms with E-state index in [1.54, 1.807) is 0 Å². The fraction of sp³-hybridized carbons (Fsp3) is 0.727. The molecule has 0 aromatic carbocycles. The molecule has 1 atom stereocenters. The Morgan fingerprint density at radius 1 is 1.53 bits per heavy atom. The van der Waals surface area contributed by atoms with Crippen molar-refractivity contribution >= 4 is 11.8 Å². The summed E-state index contributed by atoms with van der Waals surface area (Å²) in [6.45, 7) is 9.37. The van der Waals surface area contributed by atoms with Crippen molar-refractivity contribution in [2.24, 2.45) is 18.2 Å². The van der Waals surface area contributed by atoms with E-state index in [9.17, 15) is 0 Å². The molecule has 3 nitrogen and oxygen atoms in total. The van der Waals surface area contributed by atoms with Crippen LogP contribution in [0.1, 0.15) is 26.5 Å². The third kappa shape index (κ3) is 3.24. The van der Waals surface area contributed by atoms with Crippen LogP contribution in [0.15, 0.2) is 11.1 Å². The summed E-state index contributed by atoms with van der Waals surface area (Å²) >= 11 is 1.82. The van der Waals surface area contributed by atoms with E-state index >= 15 is 0 Å². The Morgan fingerprint density at radius 2 is 2.13 bits per heavy atom. The van der Waals surface area contributed by atoms with Crippen LogP contribution >= 0.6 is 11.8 Å². The molecule has 1 unspecified atom stereocenters. The quantitative estimate of drug-likeness (QED) is 0.805. The molecule has 0 radical (unpaired) electrons. The first-order valence-corrected chi connectivity index (χ1v) is 6.10. The molecule has 0 amide bonds. The minimum Gasteiger partial charge on any atom is -0.329 e. The molecule has 0 saturated carbocycles. The Labute approximate surface area is 96.4 Å². The van der Waals surface area contributed by atoms with Crippen molar-refractivity contribution < 1.29 is 0 Å². The summed E-state index contributed by atoms with van der Waals surface area (Å²) in [5.74, 6) is 0. The highest BCUT2D eigenvalue weighted by atomic mass is 32.2. The normalized spacial score (nSPS) is 14.3. The molecule has 2 N–H and O–H groups in total. The molecule has 1 heterocycles. The van der Waals surface area contributed by atoms with Crippen molar-refractivity contribution in [1.29, 1.82) is 0 Å². The van der Waals surface area contributed by atoms with Gasteiger partial charge in [0.05, 0.1) is 10.7 Å². The van der Waals surface area contributed by atoms with Crippen molar-refractivity contribution in [2.75, 3.05) is 6.54 Å². The summed E-state index contributed by atoms with van der Waals surface area (Å²) in [5, 5.41) is 5.95. The Balaban J connectivity index is 2.80. The highest BCUT2D eigenvalue weighted by Crippen LogP contribution is 2.34. The molecule has 1 rings (SSSR count). The Bertz CT molecular complexity index is 325. The monoisotopic (exact) mass is 227 g/mol. The summed E-state index contributed by atoms with van der Waals surface area (Å²) in [6.07, 6.45) is 0. The highest BCUT2D eigenvalue weighted by molar-refractivity contribution is 8.00. The number of hydrogen-bond acceptors (Lipinski definition) is 3. The lowest BCUT2D eigenvalue weighted by atomic mass is 9.92. The van der Waals surface area contributed by atoms with Gasteiger partial charge in [-0.3, -0.25) is 4.68 Å². The maximum Gasteiger partial charge on any atom is 0.0942 e. The number of aryl methyl sites for hydroxylation is 2. The summed E-state index contributed by atoms with van der Waals surface area (Å²) in [5.41, 5.74) is 7.09. The van der Waals surface area contributed by atoms with E-state index in [-0.39, 0.29) is 5.41 Å². The molecule has 0 bridgehead atoms. The number of nitrogens with zero attached hydrogens (tertiary/aromatic N) is 2. The number of aromatic nitrogens is 2. The number of rotatable bonds is 3. The van der Waals surface area contributed by atoms with Crippen LogP contribution in [0.4, 0.5) is 0 Å². The summed E-state index contributed by atoms with van der Waals surface area (Å²) < 4.78 is 1.92. The second-order valence-electron chi connectivity index (χ2n) is 4.96. The van der Waals surface area contributed by atoms with Crippen molar-refractivity contribution in [3.8, 4) is 0 Å². The van der Waals surface area contributed by atoms with Gasteiger partial charge in [-0.05, 0) is 18.4 Å². The van der Waals surface area contributed by atoms with Gasteiger partial charge >= 0.3 is 0 Å². The maximum atomic E-state index is 5.81. The van der Waals surface area contributed by atoms with Gasteiger partial charge in [0, 0.05) is 18.8 Å². The van der Waals surface area contributed by atoms with Gasteiger partial charge in [-0.1, -0.05) is 20.8 Å². The van der Waals surface area contributed by atoms with Gasteiger partial charge in [0.1, 0.15) is 0 Å². The molecule has 0 aliphatic carbocycles. The average Bonchev–Trinajstić information content (AvgIpc) is 2.38. The maximum absolute atomic E-state index is 5.81. The first-order valence-electron chi connectivity index (χ1n) is 5.22. The summed E-state index contributed by atoms with van der Waals surface area (Å²) in [6, 6.07) is 2.11. The first kappa shape index (κ1) is 12.6. The average molecular weight is 227 g/mol. The molecule has 86 valence electrons. The molecule has 1 aromatic heterocycles. The lowest BCUT2D eigenvalue weighted by Gasteiger charge is -2.28. The SMILES string of the molecule is Cc1cc(SC(CN)C(C)(C)C)n(C)n1. The van der Waals surface area contributed by atoms with Gasteiger partial charge in [0.2, 0.25) is 0 Å². The van der Waals surface area contributed by atoms with Gasteiger partial charge in [0.15, 0.2) is 0 Å². The molecular weight excluding hydrogens is 206 g/mol. The van der Waals surface area contributed by atoms with Crippen LogP contribution in [0, 0.1) is 12.3 Å². The topological polar surface area (TPSA) is 43.8 Å². The van der Waals surface area contributed by atoms with Crippen LogP contribution in [0.5, 0.6) is 0 Å². The first-order chi connectivity index (χ1) is 6.84. The second-order valence-corrected chi connectivity index (χ2v) is 6.18. The van der Waals surface area contributed by atoms with Crippen LogP contribution in [-0.4, -0.2) is 21.6 Å². The van der Waals surface area contributed by atoms with E-state index in [4.69, 9.17) is 5.73 Å². The fourth-order valence-corrected chi connectivity index (χ4v) is 2.59. The molecule has 0 spiro atoms. The van der Waals surface area contributed by atoms with Gasteiger partial charge < -0.3 is 5.73 Å². The van der Waals surface area contributed by atoms with E-state index in [1.165, 1.54) is 5.03 Å². The Kier molecular flexibility index (Phi) is 3.84. The van der Waals surface area contributed by atoms with E-state index < -0.39 is 0 Å². The van der Waals surface area contributed by atoms with Gasteiger partial charge in [-0.25, -0.2) is 0 Å². The second kappa shape index (κ2) is 4.58. The third-order valence-electron chi connectivity index (χ3n) is 2.40. The van der Waals surface area contributed by atoms with Crippen molar-refractivity contribution in [1.82, 2.24) is 9.78 Å². The largest absolute Gasteiger partial charge is 0.329 e. The minimum atomic E-state index is 0.220. The van der Waals surface area contributed by atoms with Crippen LogP contribution in [0.3, 0.4) is 0 Å². The lowest BCUT2D eigenvalue weighted by Crippen LogP contribution is -2.31. The summed E-state index contributed by atoms with van der Waals surface area (Å²) in [4.78, 5) is 0. The predicted octanol–water partition coefficient (Wildman–Crippen LogP) is 2.19. The van der Waals surface area contributed by atoms with Gasteiger partial charge in [-0.15, -0.1) is 11.8 Å².